The van der Waals surface area contributed by atoms with Gasteiger partial charge in [-0.2, -0.15) is 0 Å². The number of carbonyl (C=O) groups is 2. The van der Waals surface area contributed by atoms with Crippen LogP contribution in [0.5, 0.6) is 0 Å². The Morgan fingerprint density at radius 2 is 1.63 bits per heavy atom. The molecule has 1 amide bonds. The van der Waals surface area contributed by atoms with Crippen molar-refractivity contribution in [2.75, 3.05) is 20.1 Å². The van der Waals surface area contributed by atoms with E-state index in [2.05, 4.69) is 78.0 Å². The van der Waals surface area contributed by atoms with Crippen LogP contribution < -0.4 is 0 Å². The molecule has 1 aromatic carbocycles. The number of carboxylic acid groups (broad SMARTS) is 1. The molecule has 1 aromatic rings. The summed E-state index contributed by atoms with van der Waals surface area (Å²) in [5.41, 5.74) is 4.57. The van der Waals surface area contributed by atoms with Crippen molar-refractivity contribution in [3.63, 3.8) is 0 Å². The van der Waals surface area contributed by atoms with Crippen LogP contribution in [0.3, 0.4) is 0 Å². The van der Waals surface area contributed by atoms with E-state index in [9.17, 15) is 9.90 Å². The van der Waals surface area contributed by atoms with E-state index in [1.54, 1.807) is 12.1 Å². The number of likely N-dealkylation sites (tertiary alicyclic amines) is 1. The number of hydrogen-bond acceptors (Lipinski definition) is 3. The van der Waals surface area contributed by atoms with Crippen molar-refractivity contribution in [2.24, 2.45) is 56.7 Å². The van der Waals surface area contributed by atoms with Crippen LogP contribution in [0.4, 0.5) is 0 Å². The fourth-order valence-corrected chi connectivity index (χ4v) is 14.5. The molecule has 49 heavy (non-hydrogen) atoms. The standard InChI is InChI=1S/C44H64N2O3/c1-10-46-27-11-12-36(46)45(9)39(49)44-24-19-31(28(2)3)37(44)33-17-18-35-41(6)22-20-32(29-13-15-30(16-14-29)38(47)48)40(4,5)34(41)21-23-43(35,8)42(33,7)25-26-44/h13-16,20,31,33-37H,2,10-12,17-19,21-27H2,1,3-9H3,(H,47,48)/t31-,33+,34-,35+,36?,37+,41-,42+,43+,44-/m0/s1. The normalized spacial score (nSPS) is 42.7. The molecule has 1 saturated heterocycles. The molecule has 4 saturated carbocycles. The predicted octanol–water partition coefficient (Wildman–Crippen LogP) is 9.94. The highest BCUT2D eigenvalue weighted by molar-refractivity contribution is 5.88. The minimum atomic E-state index is -0.868. The maximum absolute atomic E-state index is 15.0. The highest BCUT2D eigenvalue weighted by Gasteiger charge is 2.71. The lowest BCUT2D eigenvalue weighted by Crippen LogP contribution is -2.66. The first-order chi connectivity index (χ1) is 23.1. The molecule has 1 aliphatic heterocycles. The number of amides is 1. The molecular weight excluding hydrogens is 604 g/mol. The third-order valence-corrected chi connectivity index (χ3v) is 17.0. The molecule has 1 heterocycles. The molecule has 268 valence electrons. The predicted molar refractivity (Wildman–Crippen MR) is 199 cm³/mol. The Kier molecular flexibility index (Phi) is 8.45. The number of benzene rings is 1. The van der Waals surface area contributed by atoms with Gasteiger partial charge in [0.25, 0.3) is 0 Å². The molecule has 0 radical (unpaired) electrons. The quantitative estimate of drug-likeness (QED) is 0.307. The van der Waals surface area contributed by atoms with Gasteiger partial charge in [0.2, 0.25) is 5.91 Å². The van der Waals surface area contributed by atoms with Gasteiger partial charge in [0, 0.05) is 13.6 Å². The number of fused-ring (bicyclic) bond motifs is 7. The minimum absolute atomic E-state index is 0.00133. The van der Waals surface area contributed by atoms with E-state index in [1.165, 1.54) is 48.8 Å². The molecule has 7 rings (SSSR count). The molecule has 0 bridgehead atoms. The van der Waals surface area contributed by atoms with Crippen molar-refractivity contribution in [1.82, 2.24) is 9.80 Å². The third kappa shape index (κ3) is 4.78. The van der Waals surface area contributed by atoms with Crippen LogP contribution in [-0.2, 0) is 4.79 Å². The molecule has 1 unspecified atom stereocenters. The summed E-state index contributed by atoms with van der Waals surface area (Å²) in [6.45, 7) is 24.1. The molecular formula is C44H64N2O3. The summed E-state index contributed by atoms with van der Waals surface area (Å²) in [5.74, 6) is 2.15. The van der Waals surface area contributed by atoms with Crippen LogP contribution in [0, 0.1) is 56.7 Å². The minimum Gasteiger partial charge on any atom is -0.478 e. The van der Waals surface area contributed by atoms with Gasteiger partial charge in [-0.1, -0.05) is 71.9 Å². The summed E-state index contributed by atoms with van der Waals surface area (Å²) >= 11 is 0. The number of aromatic carboxylic acids is 1. The maximum atomic E-state index is 15.0. The summed E-state index contributed by atoms with van der Waals surface area (Å²) in [6.07, 6.45) is 15.4. The molecule has 10 atom stereocenters. The first kappa shape index (κ1) is 35.0. The van der Waals surface area contributed by atoms with Gasteiger partial charge in [0.15, 0.2) is 0 Å². The van der Waals surface area contributed by atoms with E-state index in [-0.39, 0.29) is 33.2 Å². The smallest absolute Gasteiger partial charge is 0.335 e. The zero-order valence-electron chi connectivity index (χ0n) is 31.9. The number of nitrogens with zero attached hydrogens (tertiary/aromatic N) is 2. The summed E-state index contributed by atoms with van der Waals surface area (Å²) in [7, 11) is 2.13. The Morgan fingerprint density at radius 1 is 0.918 bits per heavy atom. The topological polar surface area (TPSA) is 60.9 Å². The highest BCUT2D eigenvalue weighted by Crippen LogP contribution is 2.78. The Labute approximate surface area is 297 Å². The van der Waals surface area contributed by atoms with Crippen LogP contribution in [0.15, 0.2) is 42.5 Å². The third-order valence-electron chi connectivity index (χ3n) is 17.0. The molecule has 0 spiro atoms. The lowest BCUT2D eigenvalue weighted by molar-refractivity contribution is -0.227. The van der Waals surface area contributed by atoms with Crippen molar-refractivity contribution in [3.8, 4) is 0 Å². The SMILES string of the molecule is C=C(C)[C@@H]1CC[C@]2(C(=O)N(C)C3CCCN3CC)CC[C@]3(C)[C@H](CC[C@@H]4[C@@]5(C)CC=C(c6ccc(C(=O)O)cc6)C(C)(C)[C@@H]5CC[C@]43C)[C@@H]12. The molecule has 0 aromatic heterocycles. The zero-order chi connectivity index (χ0) is 35.3. The van der Waals surface area contributed by atoms with E-state index in [1.807, 2.05) is 12.1 Å². The number of rotatable bonds is 6. The summed E-state index contributed by atoms with van der Waals surface area (Å²) < 4.78 is 0. The second-order valence-electron chi connectivity index (χ2n) is 18.9. The second kappa shape index (κ2) is 11.8. The van der Waals surface area contributed by atoms with Gasteiger partial charge in [0.1, 0.15) is 0 Å². The number of carbonyl (C=O) groups excluding carboxylic acids is 1. The van der Waals surface area contributed by atoms with Crippen molar-refractivity contribution in [1.29, 1.82) is 0 Å². The molecule has 5 aliphatic carbocycles. The van der Waals surface area contributed by atoms with Gasteiger partial charge in [-0.05, 0) is 159 Å². The Balaban J connectivity index is 1.22. The van der Waals surface area contributed by atoms with Crippen molar-refractivity contribution in [2.45, 2.75) is 125 Å². The number of allylic oxidation sites excluding steroid dienone is 3. The molecule has 1 N–H and O–H groups in total. The molecule has 5 nitrogen and oxygen atoms in total. The van der Waals surface area contributed by atoms with Gasteiger partial charge in [-0.3, -0.25) is 9.69 Å². The van der Waals surface area contributed by atoms with E-state index < -0.39 is 5.97 Å². The van der Waals surface area contributed by atoms with Crippen LogP contribution >= 0.6 is 0 Å². The van der Waals surface area contributed by atoms with Crippen LogP contribution in [0.1, 0.15) is 135 Å². The Bertz CT molecular complexity index is 1540. The van der Waals surface area contributed by atoms with E-state index in [0.717, 1.165) is 51.6 Å². The Hall–Kier alpha value is -2.40. The van der Waals surface area contributed by atoms with E-state index in [4.69, 9.17) is 0 Å². The van der Waals surface area contributed by atoms with E-state index in [0.29, 0.717) is 41.1 Å². The lowest BCUT2D eigenvalue weighted by Gasteiger charge is -2.72. The average Bonchev–Trinajstić information content (AvgIpc) is 3.70. The summed E-state index contributed by atoms with van der Waals surface area (Å²) in [5, 5.41) is 9.50. The maximum Gasteiger partial charge on any atom is 0.335 e. The summed E-state index contributed by atoms with van der Waals surface area (Å²) in [4.78, 5) is 31.3. The van der Waals surface area contributed by atoms with Gasteiger partial charge in [0.05, 0.1) is 17.1 Å². The summed E-state index contributed by atoms with van der Waals surface area (Å²) in [6, 6.07) is 7.59. The van der Waals surface area contributed by atoms with Crippen molar-refractivity contribution in [3.05, 3.63) is 53.6 Å². The second-order valence-corrected chi connectivity index (χ2v) is 18.9. The van der Waals surface area contributed by atoms with Crippen molar-refractivity contribution >= 4 is 17.4 Å². The van der Waals surface area contributed by atoms with E-state index >= 15 is 4.79 Å². The first-order valence-corrected chi connectivity index (χ1v) is 19.8. The van der Waals surface area contributed by atoms with Gasteiger partial charge in [-0.25, -0.2) is 4.79 Å². The average molecular weight is 669 g/mol. The highest BCUT2D eigenvalue weighted by atomic mass is 16.4. The first-order valence-electron chi connectivity index (χ1n) is 19.8. The molecule has 5 fully saturated rings. The zero-order valence-corrected chi connectivity index (χ0v) is 31.9. The number of hydrogen-bond donors (Lipinski definition) is 1. The fourth-order valence-electron chi connectivity index (χ4n) is 14.5. The monoisotopic (exact) mass is 668 g/mol. The number of carboxylic acids is 1. The van der Waals surface area contributed by atoms with Crippen LogP contribution in [-0.4, -0.2) is 53.1 Å². The van der Waals surface area contributed by atoms with Crippen molar-refractivity contribution < 1.29 is 14.7 Å². The van der Waals surface area contributed by atoms with Crippen LogP contribution in [0.2, 0.25) is 0 Å². The van der Waals surface area contributed by atoms with Crippen LogP contribution in [0.25, 0.3) is 5.57 Å². The Morgan fingerprint density at radius 3 is 2.29 bits per heavy atom. The fraction of sp³-hybridized carbons (Fsp3) is 0.727. The van der Waals surface area contributed by atoms with Gasteiger partial charge in [-0.15, -0.1) is 0 Å². The lowest BCUT2D eigenvalue weighted by atomic mass is 9.32. The van der Waals surface area contributed by atoms with Gasteiger partial charge < -0.3 is 10.0 Å². The molecule has 5 heteroatoms. The molecule has 6 aliphatic rings. The largest absolute Gasteiger partial charge is 0.478 e. The van der Waals surface area contributed by atoms with Gasteiger partial charge >= 0.3 is 5.97 Å².